The second kappa shape index (κ2) is 71.1. The third-order valence-corrected chi connectivity index (χ3v) is 17.6. The van der Waals surface area contributed by atoms with Gasteiger partial charge in [0.1, 0.15) is 19.3 Å². The Morgan fingerprint density at radius 3 is 0.867 bits per heavy atom. The van der Waals surface area contributed by atoms with Crippen LogP contribution in [0.25, 0.3) is 0 Å². The fourth-order valence-corrected chi connectivity index (χ4v) is 11.5. The number of aliphatic hydroxyl groups excluding tert-OH is 1. The standard InChI is InChI=1S/C79H136O17P2/c1-5-9-13-17-21-25-29-32-35-36-39-41-45-48-52-56-60-64-77(82)90-70-75(96-79(84)66-62-58-54-50-46-42-38-34-31-27-23-19-15-11-7-3)72-94-98(87,88)92-68-73(80)67-91-97(85,86)93-71-74(95-78(83)65-61-57-53-49-43-28-24-20-16-12-8-4)69-89-76(81)63-59-55-51-47-44-40-37-33-30-26-22-18-14-10-6-2/h9-10,13-14,21-22,25-26,32-35,37-39,41,48,52,73-75,80H,5-8,11-12,15-20,23-24,27-31,36,40,42-47,49-51,53-72H2,1-4H3,(H,85,86)(H,87,88)/b13-9-,14-10-,25-21-,26-22-,35-32-,37-33-,38-34-,41-39-,52-48-. The summed E-state index contributed by atoms with van der Waals surface area (Å²) in [7, 11) is -9.96. The van der Waals surface area contributed by atoms with E-state index in [1.54, 1.807) is 0 Å². The summed E-state index contributed by atoms with van der Waals surface area (Å²) in [6.45, 7) is 4.55. The minimum atomic E-state index is -4.99. The highest BCUT2D eigenvalue weighted by Crippen LogP contribution is 2.45. The van der Waals surface area contributed by atoms with Gasteiger partial charge in [-0.3, -0.25) is 37.3 Å². The van der Waals surface area contributed by atoms with E-state index in [-0.39, 0.29) is 25.7 Å². The number of ether oxygens (including phenoxy) is 4. The maximum Gasteiger partial charge on any atom is 0.472 e. The van der Waals surface area contributed by atoms with Gasteiger partial charge >= 0.3 is 39.5 Å². The highest BCUT2D eigenvalue weighted by molar-refractivity contribution is 7.47. The third-order valence-electron chi connectivity index (χ3n) is 15.7. The van der Waals surface area contributed by atoms with Crippen molar-refractivity contribution < 1.29 is 80.2 Å². The van der Waals surface area contributed by atoms with Gasteiger partial charge in [0, 0.05) is 25.7 Å². The van der Waals surface area contributed by atoms with Crippen molar-refractivity contribution in [3.05, 3.63) is 109 Å². The van der Waals surface area contributed by atoms with Gasteiger partial charge in [0.2, 0.25) is 0 Å². The molecule has 0 rings (SSSR count). The number of esters is 4. The molecule has 0 aromatic carbocycles. The van der Waals surface area contributed by atoms with Gasteiger partial charge in [0.25, 0.3) is 0 Å². The normalized spacial score (nSPS) is 14.6. The lowest BCUT2D eigenvalue weighted by molar-refractivity contribution is -0.161. The van der Waals surface area contributed by atoms with Crippen LogP contribution in [-0.4, -0.2) is 96.7 Å². The summed E-state index contributed by atoms with van der Waals surface area (Å²) in [5.41, 5.74) is 0. The molecule has 0 aliphatic heterocycles. The Kier molecular flexibility index (Phi) is 68.0. The SMILES string of the molecule is CC/C=C\C/C=C\C/C=C\C/C=C\C/C=C\CCCC(=O)OCC(COP(=O)(O)OCC(O)COP(=O)(O)OCC(COC(=O)CCCCCCC/C=C\C/C=C\C/C=C\CC)OC(=O)CCCCCCCCCCCCC)OC(=O)CCCCCCC/C=C\CCCCCCCC. The van der Waals surface area contributed by atoms with Crippen LogP contribution in [0.5, 0.6) is 0 Å². The fraction of sp³-hybridized carbons (Fsp3) is 0.722. The van der Waals surface area contributed by atoms with E-state index in [0.29, 0.717) is 32.1 Å². The van der Waals surface area contributed by atoms with Crippen molar-refractivity contribution in [1.82, 2.24) is 0 Å². The van der Waals surface area contributed by atoms with Crippen LogP contribution in [0.15, 0.2) is 109 Å². The van der Waals surface area contributed by atoms with Crippen LogP contribution in [0.4, 0.5) is 0 Å². The molecule has 0 aliphatic rings. The molecule has 19 heteroatoms. The highest BCUT2D eigenvalue weighted by atomic mass is 31.2. The number of hydrogen-bond donors (Lipinski definition) is 3. The molecule has 0 amide bonds. The Bertz CT molecular complexity index is 2290. The lowest BCUT2D eigenvalue weighted by Crippen LogP contribution is -2.30. The van der Waals surface area contributed by atoms with Crippen LogP contribution in [0, 0.1) is 0 Å². The van der Waals surface area contributed by atoms with Gasteiger partial charge in [-0.1, -0.05) is 272 Å². The summed E-state index contributed by atoms with van der Waals surface area (Å²) >= 11 is 0. The second-order valence-electron chi connectivity index (χ2n) is 25.2. The highest BCUT2D eigenvalue weighted by Gasteiger charge is 2.30. The molecule has 0 heterocycles. The van der Waals surface area contributed by atoms with Gasteiger partial charge in [0.05, 0.1) is 26.4 Å². The lowest BCUT2D eigenvalue weighted by Gasteiger charge is -2.21. The number of aliphatic hydroxyl groups is 1. The fourth-order valence-electron chi connectivity index (χ4n) is 9.97. The molecule has 0 aromatic heterocycles. The first-order valence-corrected chi connectivity index (χ1v) is 41.1. The zero-order chi connectivity index (χ0) is 71.8. The van der Waals surface area contributed by atoms with Crippen LogP contribution in [0.1, 0.15) is 310 Å². The predicted molar refractivity (Wildman–Crippen MR) is 399 cm³/mol. The Morgan fingerprint density at radius 2 is 0.541 bits per heavy atom. The number of phosphoric acid groups is 2. The van der Waals surface area contributed by atoms with Gasteiger partial charge in [-0.25, -0.2) is 9.13 Å². The molecule has 0 aliphatic carbocycles. The van der Waals surface area contributed by atoms with Gasteiger partial charge < -0.3 is 33.8 Å². The molecule has 0 spiro atoms. The van der Waals surface area contributed by atoms with E-state index in [1.807, 2.05) is 12.2 Å². The number of unbranched alkanes of at least 4 members (excludes halogenated alkanes) is 27. The van der Waals surface area contributed by atoms with E-state index < -0.39 is 97.5 Å². The zero-order valence-electron chi connectivity index (χ0n) is 61.4. The second-order valence-corrected chi connectivity index (χ2v) is 28.1. The maximum atomic E-state index is 13.1. The average molecular weight is 1420 g/mol. The number of phosphoric ester groups is 2. The monoisotopic (exact) mass is 1420 g/mol. The topological polar surface area (TPSA) is 237 Å². The molecule has 564 valence electrons. The molecule has 5 unspecified atom stereocenters. The van der Waals surface area contributed by atoms with Crippen molar-refractivity contribution in [3.63, 3.8) is 0 Å². The van der Waals surface area contributed by atoms with Gasteiger partial charge in [-0.2, -0.15) is 0 Å². The Balaban J connectivity index is 5.39. The van der Waals surface area contributed by atoms with Crippen molar-refractivity contribution in [2.75, 3.05) is 39.6 Å². The molecule has 0 fully saturated rings. The molecule has 0 bridgehead atoms. The summed E-state index contributed by atoms with van der Waals surface area (Å²) in [6, 6.07) is 0. The first-order chi connectivity index (χ1) is 47.7. The van der Waals surface area contributed by atoms with Crippen molar-refractivity contribution >= 4 is 39.5 Å². The van der Waals surface area contributed by atoms with E-state index in [0.717, 1.165) is 148 Å². The molecule has 0 aromatic rings. The van der Waals surface area contributed by atoms with Gasteiger partial charge in [-0.05, 0) is 122 Å². The van der Waals surface area contributed by atoms with Gasteiger partial charge in [-0.15, -0.1) is 0 Å². The zero-order valence-corrected chi connectivity index (χ0v) is 63.2. The quantitative estimate of drug-likeness (QED) is 0.0169. The van der Waals surface area contributed by atoms with Crippen LogP contribution >= 0.6 is 15.6 Å². The summed E-state index contributed by atoms with van der Waals surface area (Å²) in [4.78, 5) is 72.8. The molecule has 0 saturated carbocycles. The first kappa shape index (κ1) is 93.7. The van der Waals surface area contributed by atoms with E-state index in [9.17, 15) is 43.2 Å². The van der Waals surface area contributed by atoms with E-state index in [2.05, 4.69) is 125 Å². The summed E-state index contributed by atoms with van der Waals surface area (Å²) < 4.78 is 68.4. The molecule has 17 nitrogen and oxygen atoms in total. The number of carbonyl (C=O) groups is 4. The smallest absolute Gasteiger partial charge is 0.462 e. The van der Waals surface area contributed by atoms with E-state index >= 15 is 0 Å². The Morgan fingerprint density at radius 1 is 0.296 bits per heavy atom. The lowest BCUT2D eigenvalue weighted by atomic mass is 10.1. The van der Waals surface area contributed by atoms with Crippen molar-refractivity contribution in [2.45, 2.75) is 329 Å². The van der Waals surface area contributed by atoms with E-state index in [4.69, 9.17) is 37.0 Å². The first-order valence-electron chi connectivity index (χ1n) is 38.1. The van der Waals surface area contributed by atoms with Crippen molar-refractivity contribution in [3.8, 4) is 0 Å². The molecular weight excluding hydrogens is 1280 g/mol. The van der Waals surface area contributed by atoms with Crippen LogP contribution in [0.3, 0.4) is 0 Å². The Hall–Kier alpha value is -4.28. The molecule has 98 heavy (non-hydrogen) atoms. The van der Waals surface area contributed by atoms with Crippen LogP contribution in [0.2, 0.25) is 0 Å². The molecule has 3 N–H and O–H groups in total. The maximum absolute atomic E-state index is 13.1. The minimum Gasteiger partial charge on any atom is -0.462 e. The molecule has 5 atom stereocenters. The number of carbonyl (C=O) groups excluding carboxylic acids is 4. The van der Waals surface area contributed by atoms with E-state index in [1.165, 1.54) is 77.0 Å². The minimum absolute atomic E-state index is 0.0722. The largest absolute Gasteiger partial charge is 0.472 e. The summed E-state index contributed by atoms with van der Waals surface area (Å²) in [6.07, 6.45) is 75.2. The summed E-state index contributed by atoms with van der Waals surface area (Å²) in [5.74, 6) is -2.26. The predicted octanol–water partition coefficient (Wildman–Crippen LogP) is 21.8. The third kappa shape index (κ3) is 70.2. The van der Waals surface area contributed by atoms with Crippen molar-refractivity contribution in [2.24, 2.45) is 0 Å². The molecule has 0 saturated heterocycles. The molecular formula is C79H136O17P2. The number of rotatable bonds is 71. The van der Waals surface area contributed by atoms with Crippen molar-refractivity contribution in [1.29, 1.82) is 0 Å². The van der Waals surface area contributed by atoms with Crippen LogP contribution in [-0.2, 0) is 65.4 Å². The van der Waals surface area contributed by atoms with Gasteiger partial charge in [0.15, 0.2) is 12.2 Å². The Labute approximate surface area is 594 Å². The molecule has 0 radical (unpaired) electrons. The number of allylic oxidation sites excluding steroid dienone is 18. The van der Waals surface area contributed by atoms with Crippen LogP contribution < -0.4 is 0 Å². The summed E-state index contributed by atoms with van der Waals surface area (Å²) in [5, 5.41) is 10.6. The number of hydrogen-bond acceptors (Lipinski definition) is 15. The average Bonchev–Trinajstić information content (AvgIpc) is 0.986.